The second kappa shape index (κ2) is 10.2. The molecule has 1 aromatic heterocycles. The molecule has 0 spiro atoms. The van der Waals surface area contributed by atoms with E-state index in [1.807, 2.05) is 0 Å². The van der Waals surface area contributed by atoms with Crippen LogP contribution in [0.4, 0.5) is 10.1 Å². The predicted octanol–water partition coefficient (Wildman–Crippen LogP) is 3.54. The zero-order valence-electron chi connectivity index (χ0n) is 18.6. The van der Waals surface area contributed by atoms with Crippen molar-refractivity contribution in [1.29, 1.82) is 0 Å². The number of hydrogen-bond acceptors (Lipinski definition) is 6. The van der Waals surface area contributed by atoms with Crippen molar-refractivity contribution in [2.75, 3.05) is 18.4 Å². The van der Waals surface area contributed by atoms with Crippen molar-refractivity contribution in [2.45, 2.75) is 24.2 Å². The molecule has 11 heteroatoms. The van der Waals surface area contributed by atoms with Crippen molar-refractivity contribution in [3.8, 4) is 11.6 Å². The van der Waals surface area contributed by atoms with E-state index < -0.39 is 32.6 Å². The van der Waals surface area contributed by atoms with E-state index >= 15 is 0 Å². The molecule has 1 aliphatic rings. The van der Waals surface area contributed by atoms with Crippen LogP contribution in [-0.4, -0.2) is 42.6 Å². The number of carbonyl (C=O) groups excluding carboxylic acids is 2. The average Bonchev–Trinajstić information content (AvgIpc) is 2.86. The molecule has 1 saturated heterocycles. The van der Waals surface area contributed by atoms with Crippen LogP contribution in [0.1, 0.15) is 40.0 Å². The van der Waals surface area contributed by atoms with E-state index in [9.17, 15) is 22.4 Å². The van der Waals surface area contributed by atoms with E-state index in [2.05, 4.69) is 10.3 Å². The van der Waals surface area contributed by atoms with Gasteiger partial charge in [-0.2, -0.15) is 4.31 Å². The number of rotatable bonds is 7. The largest absolute Gasteiger partial charge is 0.439 e. The number of anilines is 1. The van der Waals surface area contributed by atoms with Crippen LogP contribution in [0.2, 0.25) is 0 Å². The molecule has 3 N–H and O–H groups in total. The average molecular weight is 499 g/mol. The van der Waals surface area contributed by atoms with Crippen molar-refractivity contribution >= 4 is 27.5 Å². The molecule has 2 aromatic carbocycles. The zero-order chi connectivity index (χ0) is 25.0. The molecule has 9 nitrogen and oxygen atoms in total. The van der Waals surface area contributed by atoms with Gasteiger partial charge in [0.1, 0.15) is 16.5 Å². The SMILES string of the molecule is NC(=O)c1cccc(Oc2ccc(NC(=O)c3ccc(F)c(S(=O)(=O)N4CCCCC4)c3)cn2)c1. The van der Waals surface area contributed by atoms with Crippen molar-refractivity contribution in [2.24, 2.45) is 5.73 Å². The maximum Gasteiger partial charge on any atom is 0.255 e. The van der Waals surface area contributed by atoms with Gasteiger partial charge < -0.3 is 15.8 Å². The first-order chi connectivity index (χ1) is 16.7. The molecule has 182 valence electrons. The highest BCUT2D eigenvalue weighted by atomic mass is 32.2. The van der Waals surface area contributed by atoms with Crippen LogP contribution in [-0.2, 0) is 10.0 Å². The Morgan fingerprint density at radius 3 is 2.46 bits per heavy atom. The third kappa shape index (κ3) is 5.64. The Kier molecular flexibility index (Phi) is 7.08. The summed E-state index contributed by atoms with van der Waals surface area (Å²) in [7, 11) is -4.04. The summed E-state index contributed by atoms with van der Waals surface area (Å²) in [4.78, 5) is 27.6. The molecule has 0 unspecified atom stereocenters. The van der Waals surface area contributed by atoms with Crippen LogP contribution < -0.4 is 15.8 Å². The minimum absolute atomic E-state index is 0.00872. The van der Waals surface area contributed by atoms with Gasteiger partial charge in [-0.3, -0.25) is 9.59 Å². The summed E-state index contributed by atoms with van der Waals surface area (Å²) in [5, 5.41) is 2.60. The van der Waals surface area contributed by atoms with E-state index in [-0.39, 0.29) is 17.0 Å². The number of ether oxygens (including phenoxy) is 1. The van der Waals surface area contributed by atoms with E-state index in [4.69, 9.17) is 10.5 Å². The molecule has 4 rings (SSSR count). The molecule has 0 aliphatic carbocycles. The van der Waals surface area contributed by atoms with Crippen LogP contribution in [0, 0.1) is 5.82 Å². The maximum absolute atomic E-state index is 14.4. The van der Waals surface area contributed by atoms with Gasteiger partial charge in [-0.15, -0.1) is 0 Å². The fraction of sp³-hybridized carbons (Fsp3) is 0.208. The summed E-state index contributed by atoms with van der Waals surface area (Å²) < 4.78 is 47.0. The zero-order valence-corrected chi connectivity index (χ0v) is 19.4. The number of nitrogens with two attached hydrogens (primary N) is 1. The third-order valence-corrected chi connectivity index (χ3v) is 7.38. The van der Waals surface area contributed by atoms with E-state index in [1.165, 1.54) is 34.8 Å². The Hall–Kier alpha value is -3.83. The van der Waals surface area contributed by atoms with Crippen LogP contribution in [0.25, 0.3) is 0 Å². The standard InChI is InChI=1S/C24H23FN4O5S/c25-20-9-7-17(14-21(20)35(32,33)29-11-2-1-3-12-29)24(31)28-18-8-10-22(27-15-18)34-19-6-4-5-16(13-19)23(26)30/h4-10,13-15H,1-3,11-12H2,(H2,26,30)(H,28,31). The Bertz CT molecular complexity index is 1360. The van der Waals surface area contributed by atoms with Gasteiger partial charge >= 0.3 is 0 Å². The van der Waals surface area contributed by atoms with Crippen LogP contribution in [0.15, 0.2) is 65.7 Å². The maximum atomic E-state index is 14.4. The fourth-order valence-corrected chi connectivity index (χ4v) is 5.25. The summed E-state index contributed by atoms with van der Waals surface area (Å²) in [5.41, 5.74) is 5.86. The molecule has 2 amide bonds. The number of halogens is 1. The summed E-state index contributed by atoms with van der Waals surface area (Å²) in [6.45, 7) is 0.649. The Balaban J connectivity index is 1.47. The number of hydrogen-bond donors (Lipinski definition) is 2. The lowest BCUT2D eigenvalue weighted by Gasteiger charge is -2.26. The number of amides is 2. The lowest BCUT2D eigenvalue weighted by atomic mass is 10.2. The minimum Gasteiger partial charge on any atom is -0.439 e. The second-order valence-electron chi connectivity index (χ2n) is 7.94. The highest BCUT2D eigenvalue weighted by molar-refractivity contribution is 7.89. The Labute approximate surface area is 201 Å². The fourth-order valence-electron chi connectivity index (χ4n) is 3.64. The smallest absolute Gasteiger partial charge is 0.255 e. The summed E-state index contributed by atoms with van der Waals surface area (Å²) in [5.74, 6) is -1.55. The van der Waals surface area contributed by atoms with Crippen LogP contribution >= 0.6 is 0 Å². The first-order valence-electron chi connectivity index (χ1n) is 10.9. The Morgan fingerprint density at radius 2 is 1.77 bits per heavy atom. The number of nitrogens with zero attached hydrogens (tertiary/aromatic N) is 2. The molecular formula is C24H23FN4O5S. The molecule has 1 fully saturated rings. The second-order valence-corrected chi connectivity index (χ2v) is 9.85. The number of aromatic nitrogens is 1. The highest BCUT2D eigenvalue weighted by Gasteiger charge is 2.29. The first kappa shape index (κ1) is 24.3. The summed E-state index contributed by atoms with van der Waals surface area (Å²) in [6, 6.07) is 12.6. The lowest BCUT2D eigenvalue weighted by molar-refractivity contribution is 0.0997. The highest BCUT2D eigenvalue weighted by Crippen LogP contribution is 2.25. The summed E-state index contributed by atoms with van der Waals surface area (Å²) in [6.07, 6.45) is 3.70. The number of benzene rings is 2. The van der Waals surface area contributed by atoms with Crippen LogP contribution in [0.5, 0.6) is 11.6 Å². The number of nitrogens with one attached hydrogen (secondary N) is 1. The van der Waals surface area contributed by atoms with Gasteiger partial charge in [0.25, 0.3) is 5.91 Å². The quantitative estimate of drug-likeness (QED) is 0.512. The van der Waals surface area contributed by atoms with Crippen LogP contribution in [0.3, 0.4) is 0 Å². The van der Waals surface area contributed by atoms with Gasteiger partial charge in [-0.05, 0) is 55.3 Å². The van der Waals surface area contributed by atoms with Gasteiger partial charge in [0.2, 0.25) is 21.8 Å². The minimum atomic E-state index is -4.04. The molecule has 2 heterocycles. The van der Waals surface area contributed by atoms with Crippen molar-refractivity contribution in [3.63, 3.8) is 0 Å². The van der Waals surface area contributed by atoms with Crippen molar-refractivity contribution in [1.82, 2.24) is 9.29 Å². The lowest BCUT2D eigenvalue weighted by Crippen LogP contribution is -2.36. The predicted molar refractivity (Wildman–Crippen MR) is 126 cm³/mol. The molecule has 35 heavy (non-hydrogen) atoms. The van der Waals surface area contributed by atoms with Crippen molar-refractivity contribution < 1.29 is 27.1 Å². The van der Waals surface area contributed by atoms with E-state index in [0.717, 1.165) is 18.6 Å². The van der Waals surface area contributed by atoms with Gasteiger partial charge in [0.15, 0.2) is 0 Å². The number of carbonyl (C=O) groups is 2. The normalized spacial score (nSPS) is 14.3. The molecule has 0 atom stereocenters. The molecule has 0 saturated carbocycles. The number of primary amides is 1. The number of piperidine rings is 1. The van der Waals surface area contributed by atoms with Gasteiger partial charge in [0, 0.05) is 30.3 Å². The van der Waals surface area contributed by atoms with Gasteiger partial charge in [0.05, 0.1) is 11.9 Å². The Morgan fingerprint density at radius 1 is 1.00 bits per heavy atom. The molecule has 3 aromatic rings. The number of sulfonamides is 1. The van der Waals surface area contributed by atoms with Gasteiger partial charge in [-0.25, -0.2) is 17.8 Å². The van der Waals surface area contributed by atoms with E-state index in [1.54, 1.807) is 18.2 Å². The van der Waals surface area contributed by atoms with Crippen molar-refractivity contribution in [3.05, 3.63) is 77.7 Å². The molecular weight excluding hydrogens is 475 g/mol. The number of pyridine rings is 1. The van der Waals surface area contributed by atoms with Gasteiger partial charge in [-0.1, -0.05) is 12.5 Å². The molecule has 1 aliphatic heterocycles. The topological polar surface area (TPSA) is 132 Å². The summed E-state index contributed by atoms with van der Waals surface area (Å²) >= 11 is 0. The molecule has 0 radical (unpaired) electrons. The monoisotopic (exact) mass is 498 g/mol. The first-order valence-corrected chi connectivity index (χ1v) is 12.3. The molecule has 0 bridgehead atoms. The van der Waals surface area contributed by atoms with E-state index in [0.29, 0.717) is 37.4 Å². The third-order valence-electron chi connectivity index (χ3n) is 5.46.